The Morgan fingerprint density at radius 3 is 2.77 bits per heavy atom. The summed E-state index contributed by atoms with van der Waals surface area (Å²) in [6.45, 7) is 2.15. The van der Waals surface area contributed by atoms with Crippen LogP contribution >= 0.6 is 15.9 Å². The topological polar surface area (TPSA) is 0 Å². The molecule has 0 aliphatic heterocycles. The number of benzene rings is 1. The first-order valence-electron chi connectivity index (χ1n) is 4.62. The molecule has 1 saturated carbocycles. The molecule has 2 heteroatoms. The fourth-order valence-electron chi connectivity index (χ4n) is 1.90. The third kappa shape index (κ3) is 1.41. The first-order chi connectivity index (χ1) is 6.18. The molecule has 0 heterocycles. The third-order valence-electron chi connectivity index (χ3n) is 2.84. The van der Waals surface area contributed by atoms with E-state index in [1.54, 1.807) is 6.07 Å². The lowest BCUT2D eigenvalue weighted by Crippen LogP contribution is -2.02. The maximum Gasteiger partial charge on any atom is 0.127 e. The fraction of sp³-hybridized carbons (Fsp3) is 0.455. The summed E-state index contributed by atoms with van der Waals surface area (Å²) in [5.74, 6) is 0.514. The minimum absolute atomic E-state index is 0.0624. The summed E-state index contributed by atoms with van der Waals surface area (Å²) in [5.41, 5.74) is 0.821. The van der Waals surface area contributed by atoms with Crippen molar-refractivity contribution < 1.29 is 4.39 Å². The van der Waals surface area contributed by atoms with Crippen LogP contribution in [0.5, 0.6) is 0 Å². The second kappa shape index (κ2) is 3.09. The smallest absolute Gasteiger partial charge is 0.127 e. The largest absolute Gasteiger partial charge is 0.207 e. The molecule has 1 fully saturated rings. The van der Waals surface area contributed by atoms with Gasteiger partial charge in [0.05, 0.1) is 4.32 Å². The van der Waals surface area contributed by atoms with E-state index in [-0.39, 0.29) is 10.1 Å². The van der Waals surface area contributed by atoms with Gasteiger partial charge >= 0.3 is 0 Å². The first kappa shape index (κ1) is 9.20. The summed E-state index contributed by atoms with van der Waals surface area (Å²) in [7, 11) is 0. The Bertz CT molecular complexity index is 324. The molecule has 0 saturated heterocycles. The molecule has 0 bridgehead atoms. The van der Waals surface area contributed by atoms with E-state index in [0.29, 0.717) is 5.92 Å². The second-order valence-corrected chi connectivity index (χ2v) is 5.07. The van der Waals surface area contributed by atoms with Crippen LogP contribution in [0.3, 0.4) is 0 Å². The van der Waals surface area contributed by atoms with Crippen LogP contribution in [-0.2, 0) is 4.32 Å². The van der Waals surface area contributed by atoms with E-state index >= 15 is 0 Å². The van der Waals surface area contributed by atoms with Crippen molar-refractivity contribution in [2.24, 2.45) is 5.92 Å². The van der Waals surface area contributed by atoms with E-state index in [0.717, 1.165) is 18.4 Å². The highest BCUT2D eigenvalue weighted by Gasteiger charge is 2.53. The second-order valence-electron chi connectivity index (χ2n) is 3.65. The SMILES string of the molecule is CCC1CC1(Br)c1ccccc1F. The number of halogens is 2. The standard InChI is InChI=1S/C11H12BrF/c1-2-8-7-11(8,12)9-5-3-4-6-10(9)13/h3-6,8H,2,7H2,1H3. The molecule has 0 radical (unpaired) electrons. The van der Waals surface area contributed by atoms with E-state index in [1.807, 2.05) is 12.1 Å². The molecular formula is C11H12BrF. The van der Waals surface area contributed by atoms with Crippen molar-refractivity contribution in [3.8, 4) is 0 Å². The van der Waals surface area contributed by atoms with Gasteiger partial charge in [-0.05, 0) is 18.4 Å². The molecular weight excluding hydrogens is 231 g/mol. The Morgan fingerprint density at radius 1 is 1.54 bits per heavy atom. The molecule has 2 unspecified atom stereocenters. The van der Waals surface area contributed by atoms with Gasteiger partial charge in [0.1, 0.15) is 5.82 Å². The quantitative estimate of drug-likeness (QED) is 0.692. The Kier molecular flexibility index (Phi) is 2.18. The van der Waals surface area contributed by atoms with E-state index < -0.39 is 0 Å². The fourth-order valence-corrected chi connectivity index (χ4v) is 2.93. The number of rotatable bonds is 2. The van der Waals surface area contributed by atoms with Gasteiger partial charge in [-0.3, -0.25) is 0 Å². The van der Waals surface area contributed by atoms with Gasteiger partial charge in [-0.2, -0.15) is 0 Å². The molecule has 0 amide bonds. The zero-order valence-corrected chi connectivity index (χ0v) is 9.14. The highest BCUT2D eigenvalue weighted by molar-refractivity contribution is 9.09. The molecule has 2 rings (SSSR count). The minimum Gasteiger partial charge on any atom is -0.207 e. The van der Waals surface area contributed by atoms with Crippen LogP contribution in [0.15, 0.2) is 24.3 Å². The Labute approximate surface area is 86.3 Å². The van der Waals surface area contributed by atoms with Gasteiger partial charge in [0.25, 0.3) is 0 Å². The van der Waals surface area contributed by atoms with Gasteiger partial charge in [0.2, 0.25) is 0 Å². The molecule has 2 atom stereocenters. The van der Waals surface area contributed by atoms with Crippen molar-refractivity contribution in [3.05, 3.63) is 35.6 Å². The van der Waals surface area contributed by atoms with Gasteiger partial charge in [0, 0.05) is 5.56 Å². The summed E-state index contributed by atoms with van der Waals surface area (Å²) in [6, 6.07) is 7.04. The maximum absolute atomic E-state index is 13.4. The maximum atomic E-state index is 13.4. The molecule has 0 spiro atoms. The van der Waals surface area contributed by atoms with Crippen molar-refractivity contribution in [2.75, 3.05) is 0 Å². The number of hydrogen-bond donors (Lipinski definition) is 0. The number of alkyl halides is 1. The van der Waals surface area contributed by atoms with Crippen LogP contribution in [0.2, 0.25) is 0 Å². The van der Waals surface area contributed by atoms with Crippen molar-refractivity contribution in [3.63, 3.8) is 0 Å². The Hall–Kier alpha value is -0.370. The highest BCUT2D eigenvalue weighted by Crippen LogP contribution is 2.61. The summed E-state index contributed by atoms with van der Waals surface area (Å²) in [6.07, 6.45) is 2.17. The number of hydrogen-bond acceptors (Lipinski definition) is 0. The van der Waals surface area contributed by atoms with Crippen molar-refractivity contribution in [1.82, 2.24) is 0 Å². The molecule has 13 heavy (non-hydrogen) atoms. The van der Waals surface area contributed by atoms with Crippen LogP contribution in [0.4, 0.5) is 4.39 Å². The third-order valence-corrected chi connectivity index (χ3v) is 4.24. The summed E-state index contributed by atoms with van der Waals surface area (Å²) >= 11 is 3.64. The summed E-state index contributed by atoms with van der Waals surface area (Å²) in [4.78, 5) is 0. The lowest BCUT2D eigenvalue weighted by atomic mass is 10.1. The highest BCUT2D eigenvalue weighted by atomic mass is 79.9. The first-order valence-corrected chi connectivity index (χ1v) is 5.41. The van der Waals surface area contributed by atoms with Crippen LogP contribution in [0, 0.1) is 11.7 Å². The zero-order chi connectivity index (χ0) is 9.47. The average molecular weight is 243 g/mol. The predicted molar refractivity (Wildman–Crippen MR) is 55.4 cm³/mol. The minimum atomic E-state index is -0.0877. The van der Waals surface area contributed by atoms with E-state index in [2.05, 4.69) is 22.9 Å². The van der Waals surface area contributed by atoms with E-state index in [9.17, 15) is 4.39 Å². The molecule has 0 nitrogen and oxygen atoms in total. The van der Waals surface area contributed by atoms with Crippen molar-refractivity contribution in [1.29, 1.82) is 0 Å². The van der Waals surface area contributed by atoms with Gasteiger partial charge < -0.3 is 0 Å². The molecule has 1 aliphatic carbocycles. The van der Waals surface area contributed by atoms with Crippen molar-refractivity contribution in [2.45, 2.75) is 24.1 Å². The zero-order valence-electron chi connectivity index (χ0n) is 7.56. The Balaban J connectivity index is 2.32. The van der Waals surface area contributed by atoms with E-state index in [1.165, 1.54) is 6.07 Å². The monoisotopic (exact) mass is 242 g/mol. The normalized spacial score (nSPS) is 31.8. The Morgan fingerprint density at radius 2 is 2.23 bits per heavy atom. The van der Waals surface area contributed by atoms with Gasteiger partial charge in [-0.15, -0.1) is 0 Å². The predicted octanol–water partition coefficient (Wildman–Crippen LogP) is 3.85. The molecule has 0 aromatic heterocycles. The van der Waals surface area contributed by atoms with Gasteiger partial charge in [-0.25, -0.2) is 4.39 Å². The molecule has 1 aromatic rings. The molecule has 1 aromatic carbocycles. The van der Waals surface area contributed by atoms with Crippen LogP contribution < -0.4 is 0 Å². The average Bonchev–Trinajstić information content (AvgIpc) is 2.79. The molecule has 1 aliphatic rings. The van der Waals surface area contributed by atoms with E-state index in [4.69, 9.17) is 0 Å². The summed E-state index contributed by atoms with van der Waals surface area (Å²) in [5, 5.41) is 0. The molecule has 70 valence electrons. The van der Waals surface area contributed by atoms with Crippen LogP contribution in [0.1, 0.15) is 25.3 Å². The summed E-state index contributed by atoms with van der Waals surface area (Å²) < 4.78 is 13.3. The van der Waals surface area contributed by atoms with Crippen LogP contribution in [0.25, 0.3) is 0 Å². The van der Waals surface area contributed by atoms with Gasteiger partial charge in [0.15, 0.2) is 0 Å². The lowest BCUT2D eigenvalue weighted by molar-refractivity contribution is 0.599. The van der Waals surface area contributed by atoms with Gasteiger partial charge in [-0.1, -0.05) is 47.5 Å². The van der Waals surface area contributed by atoms with Crippen molar-refractivity contribution >= 4 is 15.9 Å². The lowest BCUT2D eigenvalue weighted by Gasteiger charge is -2.09. The van der Waals surface area contributed by atoms with Crippen LogP contribution in [-0.4, -0.2) is 0 Å². The molecule has 0 N–H and O–H groups in total.